The van der Waals surface area contributed by atoms with Crippen LogP contribution in [0.5, 0.6) is 17.2 Å². The second-order valence-corrected chi connectivity index (χ2v) is 27.7. The third kappa shape index (κ3) is 29.3. The number of hydrogen-bond acceptors (Lipinski definition) is 21. The molecule has 1 aromatic heterocycles. The second kappa shape index (κ2) is 43.7. The number of aromatic hydroxyl groups is 3. The number of H-pyrrole nitrogens is 1. The summed E-state index contributed by atoms with van der Waals surface area (Å²) in [4.78, 5) is 194. The maximum absolute atomic E-state index is 15.0. The molecule has 109 heavy (non-hydrogen) atoms. The highest BCUT2D eigenvalue weighted by molar-refractivity contribution is 7.80. The van der Waals surface area contributed by atoms with Crippen molar-refractivity contribution in [2.45, 2.75) is 172 Å². The van der Waals surface area contributed by atoms with Crippen LogP contribution in [0.3, 0.4) is 0 Å². The molecule has 0 fully saturated rings. The minimum Gasteiger partial charge on any atom is -0.508 e. The number of phenolic OH excluding ortho intramolecular Hbond substituents is 3. The lowest BCUT2D eigenvalue weighted by Crippen LogP contribution is -2.61. The van der Waals surface area contributed by atoms with Crippen molar-refractivity contribution >= 4 is 119 Å². The Balaban J connectivity index is 1.30. The van der Waals surface area contributed by atoms with Gasteiger partial charge in [-0.3, -0.25) is 62.3 Å². The first-order valence-corrected chi connectivity index (χ1v) is 36.5. The van der Waals surface area contributed by atoms with E-state index in [4.69, 9.17) is 11.5 Å². The molecule has 4 aromatic carbocycles. The number of thiol groups is 2. The molecule has 12 amide bonds. The van der Waals surface area contributed by atoms with Crippen molar-refractivity contribution in [1.82, 2.24) is 68.8 Å². The summed E-state index contributed by atoms with van der Waals surface area (Å²) in [5.74, 6) is -15.7. The highest BCUT2D eigenvalue weighted by Crippen LogP contribution is 2.21. The number of benzene rings is 4. The van der Waals surface area contributed by atoms with E-state index < -0.39 is 174 Å². The normalized spacial score (nSPS) is 14.5. The maximum atomic E-state index is 15.0. The van der Waals surface area contributed by atoms with Gasteiger partial charge in [-0.15, -0.1) is 0 Å². The number of nitrogens with one attached hydrogen (secondary N) is 13. The molecule has 0 spiro atoms. The smallest absolute Gasteiger partial charge is 0.326 e. The van der Waals surface area contributed by atoms with Crippen LogP contribution in [0.4, 0.5) is 0 Å². The molecule has 22 N–H and O–H groups in total. The lowest BCUT2D eigenvalue weighted by atomic mass is 9.98. The standard InChI is InChI=1S/C73H99N15O19S2/c1-37(2)27-52(83-71(104)58(36-109)87-64(97)49(75)28-41-14-20-45(89)21-15-41)69(102)88-61(38(3)4)72(105)85-54(31-44-33-76-50-12-8-7-11-48(44)50)68(101)81-51(13-9-10-26-74)65(98)84-53(29-42-16-22-46(90)23-17-42)66(99)79-40(6)63(96)82-55(32-60(93)94)67(100)78-39(5)62(95)77-34-59(92)80-57(35-108)70(103)86-56(73(106)107)30-43-18-24-47(91)25-19-43/h7-8,11-12,14-25,33,37-40,49,51-58,61,76,89-91,108-109H,9-10,13,26-32,34-36,74-75H2,1-6H3,(H,77,95)(H,78,100)(H,79,99)(H,80,92)(H,81,101)(H,82,96)(H,83,104)(H,84,98)(H,85,105)(H,86,103)(H,87,97)(H,88,102)(H,93,94)(H,106,107)/t39-,40-,49-,51-,52-,53-,54-,55-,56-,57-,58-,61-/m0/s1. The van der Waals surface area contributed by atoms with E-state index in [1.54, 1.807) is 70.3 Å². The number of fused-ring (bicyclic) bond motifs is 1. The molecule has 0 radical (unpaired) electrons. The summed E-state index contributed by atoms with van der Waals surface area (Å²) in [6.07, 6.45) is 0.535. The highest BCUT2D eigenvalue weighted by Gasteiger charge is 2.37. The van der Waals surface area contributed by atoms with Crippen molar-refractivity contribution in [1.29, 1.82) is 0 Å². The first-order valence-electron chi connectivity index (χ1n) is 35.2. The number of carbonyl (C=O) groups excluding carboxylic acids is 12. The molecule has 0 saturated heterocycles. The Morgan fingerprint density at radius 2 is 0.872 bits per heavy atom. The number of phenols is 3. The van der Waals surface area contributed by atoms with Gasteiger partial charge in [0.25, 0.3) is 0 Å². The Morgan fingerprint density at radius 1 is 0.440 bits per heavy atom. The van der Waals surface area contributed by atoms with E-state index in [0.717, 1.165) is 6.92 Å². The number of carboxylic acids is 2. The van der Waals surface area contributed by atoms with E-state index in [2.05, 4.69) is 94.0 Å². The number of aromatic nitrogens is 1. The summed E-state index contributed by atoms with van der Waals surface area (Å²) in [6.45, 7) is 8.59. The maximum Gasteiger partial charge on any atom is 0.326 e. The lowest BCUT2D eigenvalue weighted by Gasteiger charge is -2.29. The van der Waals surface area contributed by atoms with Crippen LogP contribution in [-0.2, 0) is 92.8 Å². The molecule has 592 valence electrons. The fourth-order valence-corrected chi connectivity index (χ4v) is 11.6. The minimum atomic E-state index is -1.90. The number of carboxylic acid groups (broad SMARTS) is 2. The van der Waals surface area contributed by atoms with Crippen molar-refractivity contribution in [3.63, 3.8) is 0 Å². The zero-order valence-electron chi connectivity index (χ0n) is 61.1. The van der Waals surface area contributed by atoms with Crippen LogP contribution in [-0.4, -0.2) is 210 Å². The monoisotopic (exact) mass is 1550 g/mol. The molecule has 0 unspecified atom stereocenters. The van der Waals surface area contributed by atoms with Gasteiger partial charge in [0.1, 0.15) is 83.7 Å². The molecule has 5 rings (SSSR count). The highest BCUT2D eigenvalue weighted by atomic mass is 32.1. The van der Waals surface area contributed by atoms with Crippen LogP contribution in [0.1, 0.15) is 95.9 Å². The zero-order valence-corrected chi connectivity index (χ0v) is 62.9. The van der Waals surface area contributed by atoms with Crippen molar-refractivity contribution in [3.8, 4) is 17.2 Å². The van der Waals surface area contributed by atoms with Gasteiger partial charge < -0.3 is 106 Å². The van der Waals surface area contributed by atoms with Gasteiger partial charge in [-0.25, -0.2) is 4.79 Å². The number of carbonyl (C=O) groups is 14. The van der Waals surface area contributed by atoms with Crippen molar-refractivity contribution in [2.75, 3.05) is 24.6 Å². The largest absolute Gasteiger partial charge is 0.508 e. The first kappa shape index (κ1) is 88.6. The van der Waals surface area contributed by atoms with Crippen molar-refractivity contribution in [2.24, 2.45) is 23.3 Å². The number of aliphatic carboxylic acids is 2. The second-order valence-electron chi connectivity index (χ2n) is 27.0. The first-order chi connectivity index (χ1) is 51.6. The molecule has 0 bridgehead atoms. The summed E-state index contributed by atoms with van der Waals surface area (Å²) in [7, 11) is 0. The number of para-hydroxylation sites is 1. The van der Waals surface area contributed by atoms with Crippen LogP contribution in [0.15, 0.2) is 103 Å². The minimum absolute atomic E-state index is 0.0170. The molecule has 1 heterocycles. The van der Waals surface area contributed by atoms with Gasteiger partial charge in [0, 0.05) is 47.9 Å². The predicted octanol–water partition coefficient (Wildman–Crippen LogP) is -1.38. The van der Waals surface area contributed by atoms with E-state index in [9.17, 15) is 87.9 Å². The molecular weight excluding hydrogens is 1460 g/mol. The molecule has 5 aromatic rings. The lowest BCUT2D eigenvalue weighted by molar-refractivity contribution is -0.142. The Morgan fingerprint density at radius 3 is 1.40 bits per heavy atom. The Hall–Kier alpha value is -11.0. The van der Waals surface area contributed by atoms with Gasteiger partial charge in [-0.05, 0) is 129 Å². The predicted molar refractivity (Wildman–Crippen MR) is 406 cm³/mol. The van der Waals surface area contributed by atoms with E-state index in [1.165, 1.54) is 67.6 Å². The fourth-order valence-electron chi connectivity index (χ4n) is 11.1. The molecular formula is C73H99N15O19S2. The average Bonchev–Trinajstić information content (AvgIpc) is 1.78. The van der Waals surface area contributed by atoms with Crippen LogP contribution >= 0.6 is 25.3 Å². The van der Waals surface area contributed by atoms with Gasteiger partial charge >= 0.3 is 11.9 Å². The Labute approximate surface area is 639 Å². The number of amides is 12. The van der Waals surface area contributed by atoms with E-state index in [0.29, 0.717) is 39.6 Å². The number of nitrogens with two attached hydrogens (primary N) is 2. The number of aromatic amines is 1. The zero-order chi connectivity index (χ0) is 80.8. The molecule has 0 aliphatic rings. The SMILES string of the molecule is CC(C)C[C@H](NC(=O)[C@H](CS)NC(=O)[C@@H](N)Cc1ccc(O)cc1)C(=O)N[C@H](C(=O)N[C@@H](Cc1c[nH]c2ccccc12)C(=O)N[C@@H](CCCCN)C(=O)N[C@@H](Cc1ccc(O)cc1)C(=O)N[C@@H](C)C(=O)N[C@@H](CC(=O)O)C(=O)N[C@@H](C)C(=O)NCC(=O)N[C@@H](CS)C(=O)N[C@@H](Cc1ccc(O)cc1)C(=O)O)C(C)C. The molecule has 36 heteroatoms. The number of rotatable bonds is 44. The van der Waals surface area contributed by atoms with Crippen LogP contribution in [0.25, 0.3) is 10.9 Å². The fraction of sp³-hybridized carbons (Fsp3) is 0.452. The van der Waals surface area contributed by atoms with Crippen LogP contribution in [0.2, 0.25) is 0 Å². The van der Waals surface area contributed by atoms with E-state index >= 15 is 4.79 Å². The summed E-state index contributed by atoms with van der Waals surface area (Å²) >= 11 is 8.37. The quantitative estimate of drug-likeness (QED) is 0.0158. The van der Waals surface area contributed by atoms with Crippen LogP contribution in [0, 0.1) is 11.8 Å². The third-order valence-electron chi connectivity index (χ3n) is 17.2. The third-order valence-corrected chi connectivity index (χ3v) is 17.9. The molecule has 0 aliphatic carbocycles. The summed E-state index contributed by atoms with van der Waals surface area (Å²) < 4.78 is 0. The van der Waals surface area contributed by atoms with Gasteiger partial charge in [0.05, 0.1) is 19.0 Å². The number of hydrogen-bond donors (Lipinski definition) is 22. The summed E-state index contributed by atoms with van der Waals surface area (Å²) in [5, 5.41) is 79.6. The van der Waals surface area contributed by atoms with Gasteiger partial charge in [-0.1, -0.05) is 82.3 Å². The Bertz CT molecular complexity index is 3980. The molecule has 12 atom stereocenters. The van der Waals surface area contributed by atoms with Gasteiger partial charge in [0.15, 0.2) is 0 Å². The van der Waals surface area contributed by atoms with E-state index in [-0.39, 0.29) is 86.2 Å². The van der Waals surface area contributed by atoms with Crippen molar-refractivity contribution < 1.29 is 92.7 Å². The molecule has 34 nitrogen and oxygen atoms in total. The summed E-state index contributed by atoms with van der Waals surface area (Å²) in [5.41, 5.74) is 14.8. The van der Waals surface area contributed by atoms with Gasteiger partial charge in [-0.2, -0.15) is 25.3 Å². The van der Waals surface area contributed by atoms with Crippen molar-refractivity contribution in [3.05, 3.63) is 126 Å². The Kier molecular flexibility index (Phi) is 35.6. The van der Waals surface area contributed by atoms with Gasteiger partial charge in [0.2, 0.25) is 70.9 Å². The van der Waals surface area contributed by atoms with E-state index in [1.807, 2.05) is 0 Å². The molecule has 0 aliphatic heterocycles. The summed E-state index contributed by atoms with van der Waals surface area (Å²) in [6, 6.07) is 6.87. The van der Waals surface area contributed by atoms with Crippen LogP contribution < -0.4 is 75.3 Å². The average molecular weight is 1550 g/mol. The topological polar surface area (TPSA) is 552 Å². The number of unbranched alkanes of at least 4 members (excludes halogenated alkanes) is 1. The molecule has 0 saturated carbocycles.